The fourth-order valence-corrected chi connectivity index (χ4v) is 3.87. The molecule has 0 aliphatic carbocycles. The second-order valence-electron chi connectivity index (χ2n) is 8.14. The second-order valence-corrected chi connectivity index (χ2v) is 8.14. The summed E-state index contributed by atoms with van der Waals surface area (Å²) in [4.78, 5) is 42.1. The molecule has 2 aromatic carbocycles. The van der Waals surface area contributed by atoms with Crippen molar-refractivity contribution in [3.05, 3.63) is 99.9 Å². The number of nitro groups is 1. The van der Waals surface area contributed by atoms with Crippen molar-refractivity contribution in [2.45, 2.75) is 19.4 Å². The van der Waals surface area contributed by atoms with Crippen LogP contribution in [0.5, 0.6) is 0 Å². The molecule has 0 spiro atoms. The van der Waals surface area contributed by atoms with Crippen LogP contribution in [-0.2, 0) is 11.3 Å². The van der Waals surface area contributed by atoms with E-state index in [0.717, 1.165) is 37.2 Å². The van der Waals surface area contributed by atoms with Crippen LogP contribution in [0.4, 0.5) is 17.1 Å². The summed E-state index contributed by atoms with van der Waals surface area (Å²) in [6, 6.07) is 14.9. The van der Waals surface area contributed by atoms with E-state index in [-0.39, 0.29) is 17.5 Å². The van der Waals surface area contributed by atoms with Crippen molar-refractivity contribution in [1.82, 2.24) is 10.3 Å². The molecule has 0 unspecified atom stereocenters. The Morgan fingerprint density at radius 1 is 1.09 bits per heavy atom. The average Bonchev–Trinajstić information content (AvgIpc) is 3.42. The molecule has 2 N–H and O–H groups in total. The lowest BCUT2D eigenvalue weighted by atomic mass is 10.1. The molecule has 2 amide bonds. The van der Waals surface area contributed by atoms with Gasteiger partial charge in [0.15, 0.2) is 0 Å². The molecule has 9 heteroatoms. The molecular weight excluding hydrogens is 446 g/mol. The van der Waals surface area contributed by atoms with Crippen molar-refractivity contribution in [3.63, 3.8) is 0 Å². The smallest absolute Gasteiger partial charge is 0.269 e. The normalized spacial score (nSPS) is 13.1. The number of hydrogen-bond acceptors (Lipinski definition) is 6. The monoisotopic (exact) mass is 471 g/mol. The van der Waals surface area contributed by atoms with Crippen LogP contribution in [0.25, 0.3) is 6.08 Å². The Bertz CT molecular complexity index is 1240. The maximum Gasteiger partial charge on any atom is 0.269 e. The number of carbonyl (C=O) groups is 2. The number of hydrogen-bond donors (Lipinski definition) is 2. The Kier molecular flexibility index (Phi) is 7.47. The first kappa shape index (κ1) is 23.6. The zero-order valence-corrected chi connectivity index (χ0v) is 19.0. The lowest BCUT2D eigenvalue weighted by Crippen LogP contribution is -2.27. The van der Waals surface area contributed by atoms with Gasteiger partial charge in [0, 0.05) is 61.6 Å². The maximum absolute atomic E-state index is 13.1. The number of rotatable bonds is 8. The van der Waals surface area contributed by atoms with Crippen LogP contribution in [0.3, 0.4) is 0 Å². The molecule has 9 nitrogen and oxygen atoms in total. The van der Waals surface area contributed by atoms with Gasteiger partial charge in [-0.25, -0.2) is 0 Å². The van der Waals surface area contributed by atoms with Crippen LogP contribution in [0.2, 0.25) is 0 Å². The Labute approximate surface area is 202 Å². The number of anilines is 2. The van der Waals surface area contributed by atoms with Crippen molar-refractivity contribution < 1.29 is 14.5 Å². The number of non-ortho nitro benzene ring substituents is 1. The largest absolute Gasteiger partial charge is 0.371 e. The van der Waals surface area contributed by atoms with E-state index >= 15 is 0 Å². The van der Waals surface area contributed by atoms with Gasteiger partial charge >= 0.3 is 0 Å². The summed E-state index contributed by atoms with van der Waals surface area (Å²) in [6.45, 7) is 2.11. The number of aromatic nitrogens is 1. The van der Waals surface area contributed by atoms with Crippen LogP contribution in [-0.4, -0.2) is 34.8 Å². The van der Waals surface area contributed by atoms with E-state index in [4.69, 9.17) is 0 Å². The molecular formula is C26H25N5O4. The molecule has 4 rings (SSSR count). The molecule has 1 fully saturated rings. The van der Waals surface area contributed by atoms with Crippen molar-refractivity contribution in [2.75, 3.05) is 23.3 Å². The summed E-state index contributed by atoms with van der Waals surface area (Å²) in [5.41, 5.74) is 3.37. The number of benzene rings is 2. The molecule has 178 valence electrons. The fourth-order valence-electron chi connectivity index (χ4n) is 3.87. The first-order valence-corrected chi connectivity index (χ1v) is 11.3. The highest BCUT2D eigenvalue weighted by Crippen LogP contribution is 2.28. The summed E-state index contributed by atoms with van der Waals surface area (Å²) in [5.74, 6) is -0.604. The zero-order chi connectivity index (χ0) is 24.6. The molecule has 0 bridgehead atoms. The third kappa shape index (κ3) is 6.29. The molecule has 1 aliphatic rings. The molecule has 3 aromatic rings. The molecule has 2 heterocycles. The highest BCUT2D eigenvalue weighted by molar-refractivity contribution is 6.05. The van der Waals surface area contributed by atoms with E-state index in [1.165, 1.54) is 18.2 Å². The second kappa shape index (κ2) is 11.1. The van der Waals surface area contributed by atoms with E-state index in [9.17, 15) is 19.7 Å². The summed E-state index contributed by atoms with van der Waals surface area (Å²) in [5, 5.41) is 16.5. The van der Waals surface area contributed by atoms with Crippen LogP contribution in [0, 0.1) is 10.1 Å². The van der Waals surface area contributed by atoms with E-state index < -0.39 is 4.92 Å². The van der Waals surface area contributed by atoms with Gasteiger partial charge in [-0.3, -0.25) is 24.7 Å². The molecule has 1 saturated heterocycles. The number of carbonyl (C=O) groups excluding carboxylic acids is 2. The summed E-state index contributed by atoms with van der Waals surface area (Å²) < 4.78 is 0. The lowest BCUT2D eigenvalue weighted by molar-refractivity contribution is -0.384. The van der Waals surface area contributed by atoms with Crippen molar-refractivity contribution in [3.8, 4) is 0 Å². The van der Waals surface area contributed by atoms with Crippen LogP contribution in [0.15, 0.2) is 73.1 Å². The van der Waals surface area contributed by atoms with Crippen LogP contribution < -0.4 is 15.5 Å². The summed E-state index contributed by atoms with van der Waals surface area (Å²) >= 11 is 0. The van der Waals surface area contributed by atoms with Gasteiger partial charge in [-0.1, -0.05) is 6.07 Å². The van der Waals surface area contributed by atoms with Crippen molar-refractivity contribution in [2.24, 2.45) is 0 Å². The standard InChI is InChI=1S/C26H25N5O4/c32-25(12-7-19-5-9-22(10-6-19)31(34)35)29-21-8-11-24(30-14-1-2-15-30)23(16-21)26(33)28-18-20-4-3-13-27-17-20/h3-13,16-17H,1-2,14-15,18H2,(H,28,33)(H,29,32)/b12-7+. The Balaban J connectivity index is 1.47. The number of nitrogens with one attached hydrogen (secondary N) is 2. The van der Waals surface area contributed by atoms with Gasteiger partial charge in [-0.15, -0.1) is 0 Å². The van der Waals surface area contributed by atoms with Gasteiger partial charge in [0.2, 0.25) is 5.91 Å². The number of pyridine rings is 1. The van der Waals surface area contributed by atoms with Gasteiger partial charge in [0.05, 0.1) is 10.5 Å². The van der Waals surface area contributed by atoms with E-state index in [1.807, 2.05) is 18.2 Å². The highest BCUT2D eigenvalue weighted by Gasteiger charge is 2.20. The van der Waals surface area contributed by atoms with Gasteiger partial charge in [0.25, 0.3) is 11.6 Å². The minimum Gasteiger partial charge on any atom is -0.371 e. The van der Waals surface area contributed by atoms with E-state index in [2.05, 4.69) is 20.5 Å². The lowest BCUT2D eigenvalue weighted by Gasteiger charge is -2.22. The third-order valence-electron chi connectivity index (χ3n) is 5.66. The predicted molar refractivity (Wildman–Crippen MR) is 134 cm³/mol. The summed E-state index contributed by atoms with van der Waals surface area (Å²) in [7, 11) is 0. The molecule has 0 radical (unpaired) electrons. The van der Waals surface area contributed by atoms with E-state index in [0.29, 0.717) is 23.4 Å². The van der Waals surface area contributed by atoms with E-state index in [1.54, 1.807) is 42.7 Å². The Hall–Kier alpha value is -4.53. The van der Waals surface area contributed by atoms with Crippen LogP contribution >= 0.6 is 0 Å². The zero-order valence-electron chi connectivity index (χ0n) is 19.0. The number of nitro benzene ring substituents is 1. The molecule has 1 aliphatic heterocycles. The average molecular weight is 472 g/mol. The first-order valence-electron chi connectivity index (χ1n) is 11.3. The topological polar surface area (TPSA) is 117 Å². The van der Waals surface area contributed by atoms with Gasteiger partial charge in [0.1, 0.15) is 0 Å². The molecule has 1 aromatic heterocycles. The predicted octanol–water partition coefficient (Wildman–Crippen LogP) is 4.17. The van der Waals surface area contributed by atoms with Gasteiger partial charge in [-0.05, 0) is 66.4 Å². The maximum atomic E-state index is 13.1. The number of amides is 2. The minimum atomic E-state index is -0.476. The number of nitrogens with zero attached hydrogens (tertiary/aromatic N) is 3. The van der Waals surface area contributed by atoms with Crippen molar-refractivity contribution >= 4 is 35.0 Å². The SMILES string of the molecule is O=C(/C=C/c1ccc([N+](=O)[O-])cc1)Nc1ccc(N2CCCC2)c(C(=O)NCc2cccnc2)c1. The molecule has 35 heavy (non-hydrogen) atoms. The fraction of sp³-hybridized carbons (Fsp3) is 0.192. The van der Waals surface area contributed by atoms with Gasteiger partial charge in [-0.2, -0.15) is 0 Å². The van der Waals surface area contributed by atoms with Gasteiger partial charge < -0.3 is 15.5 Å². The molecule has 0 saturated carbocycles. The summed E-state index contributed by atoms with van der Waals surface area (Å²) in [6.07, 6.45) is 8.44. The van der Waals surface area contributed by atoms with Crippen LogP contribution in [0.1, 0.15) is 34.3 Å². The van der Waals surface area contributed by atoms with Crippen molar-refractivity contribution in [1.29, 1.82) is 0 Å². The quantitative estimate of drug-likeness (QED) is 0.289. The minimum absolute atomic E-state index is 0.0148. The third-order valence-corrected chi connectivity index (χ3v) is 5.66. The Morgan fingerprint density at radius 3 is 2.54 bits per heavy atom. The molecule has 0 atom stereocenters. The highest BCUT2D eigenvalue weighted by atomic mass is 16.6. The first-order chi connectivity index (χ1) is 17.0. The Morgan fingerprint density at radius 2 is 1.86 bits per heavy atom.